The van der Waals surface area contributed by atoms with Crippen LogP contribution in [0, 0.1) is 39.3 Å². The number of aliphatic hydroxyl groups excluding tert-OH is 1. The Kier molecular flexibility index (Phi) is 21.3. The van der Waals surface area contributed by atoms with Crippen molar-refractivity contribution in [3.63, 3.8) is 0 Å². The van der Waals surface area contributed by atoms with Crippen LogP contribution < -0.4 is 16.1 Å². The number of benzene rings is 3. The number of hydrogen-bond donors (Lipinski definition) is 4. The van der Waals surface area contributed by atoms with Crippen molar-refractivity contribution >= 4 is 68.8 Å². The summed E-state index contributed by atoms with van der Waals surface area (Å²) in [5, 5.41) is 16.2. The molecule has 1 aliphatic heterocycles. The summed E-state index contributed by atoms with van der Waals surface area (Å²) in [5.41, 5.74) is 5.73. The molecule has 4 atom stereocenters. The number of aliphatic hydroxyl groups is 1. The van der Waals surface area contributed by atoms with Crippen LogP contribution in [-0.4, -0.2) is 63.8 Å². The van der Waals surface area contributed by atoms with E-state index in [4.69, 9.17) is 4.84 Å². The minimum atomic E-state index is -1.30. The lowest BCUT2D eigenvalue weighted by molar-refractivity contribution is -0.146. The first-order chi connectivity index (χ1) is 32.4. The summed E-state index contributed by atoms with van der Waals surface area (Å²) >= 11 is 3.51. The van der Waals surface area contributed by atoms with Crippen LogP contribution in [-0.2, 0) is 19.2 Å². The second kappa shape index (κ2) is 26.6. The molecule has 4 aromatic rings. The maximum atomic E-state index is 14.7. The van der Waals surface area contributed by atoms with Crippen molar-refractivity contribution < 1.29 is 42.3 Å². The van der Waals surface area contributed by atoms with Crippen molar-refractivity contribution in [1.82, 2.24) is 20.7 Å². The fraction of sp³-hybridized carbons (Fsp3) is 0.519. The van der Waals surface area contributed by atoms with Gasteiger partial charge in [0, 0.05) is 35.3 Å². The first kappa shape index (κ1) is 54.5. The number of nitrogens with one attached hydrogen (secondary N) is 3. The van der Waals surface area contributed by atoms with E-state index in [1.807, 2.05) is 87.0 Å². The fourth-order valence-electron chi connectivity index (χ4n) is 8.52. The van der Waals surface area contributed by atoms with Crippen LogP contribution in [0.3, 0.4) is 0 Å². The molecule has 1 fully saturated rings. The van der Waals surface area contributed by atoms with E-state index in [1.165, 1.54) is 17.0 Å². The molecule has 1 aromatic heterocycles. The molecule has 16 heteroatoms. The molecule has 0 radical (unpaired) electrons. The van der Waals surface area contributed by atoms with Crippen molar-refractivity contribution in [2.45, 2.75) is 149 Å². The van der Waals surface area contributed by atoms with Gasteiger partial charge in [-0.15, -0.1) is 11.3 Å². The number of thiazole rings is 1. The largest absolute Gasteiger partial charge is 0.391 e. The average Bonchev–Trinajstić information content (AvgIpc) is 3.92. The second-order valence-corrected chi connectivity index (χ2v) is 21.1. The Labute approximate surface area is 416 Å². The summed E-state index contributed by atoms with van der Waals surface area (Å²) in [5.74, 6) is -5.08. The summed E-state index contributed by atoms with van der Waals surface area (Å²) in [6, 6.07) is 13.0. The van der Waals surface area contributed by atoms with Crippen LogP contribution in [0.25, 0.3) is 10.4 Å². The van der Waals surface area contributed by atoms with E-state index in [-0.39, 0.29) is 60.9 Å². The molecule has 0 bridgehead atoms. The molecule has 5 rings (SSSR count). The predicted molar refractivity (Wildman–Crippen MR) is 270 cm³/mol. The Morgan fingerprint density at radius 3 is 2.12 bits per heavy atom. The summed E-state index contributed by atoms with van der Waals surface area (Å²) in [6.07, 6.45) is 12.0. The van der Waals surface area contributed by atoms with Gasteiger partial charge in [0.25, 0.3) is 5.91 Å². The van der Waals surface area contributed by atoms with Gasteiger partial charge >= 0.3 is 0 Å². The van der Waals surface area contributed by atoms with Gasteiger partial charge in [0.15, 0.2) is 11.6 Å². The van der Waals surface area contributed by atoms with E-state index in [0.717, 1.165) is 104 Å². The number of carbonyl (C=O) groups excluding carboxylic acids is 4. The molecule has 0 aliphatic carbocycles. The van der Waals surface area contributed by atoms with E-state index >= 15 is 0 Å². The fourth-order valence-corrected chi connectivity index (χ4v) is 9.78. The minimum Gasteiger partial charge on any atom is -0.391 e. The minimum absolute atomic E-state index is 0.0435. The number of likely N-dealkylation sites (tertiary alicyclic amines) is 1. The maximum Gasteiger partial charge on any atom is 0.277 e. The molecule has 0 unspecified atom stereocenters. The molecule has 11 nitrogen and oxygen atoms in total. The molecule has 4 N–H and O–H groups in total. The van der Waals surface area contributed by atoms with Gasteiger partial charge in [0.05, 0.1) is 51.8 Å². The SMILES string of the molecule is Cc1ncsc1-c1ccc([C@H](C)NC(=O)[C@@H]2C[C@@H](O)CN2C(=O)[C@@H](CC(=O)CCCCCCCCCCCCCCONC(=O)c2ccc(F)c(F)c2Nc2ccc(I)cc2F)C(C)(C)C)cc1. The molecular formula is C52H67F3IN5O6S. The monoisotopic (exact) mass is 1070 g/mol. The van der Waals surface area contributed by atoms with Crippen molar-refractivity contribution in [3.05, 3.63) is 98.0 Å². The number of halogens is 4. The number of β-amino-alcohol motifs (C(OH)–C–C–N with tert-alkyl or cyclic N) is 1. The van der Waals surface area contributed by atoms with Crippen LogP contribution in [0.4, 0.5) is 24.5 Å². The molecule has 68 heavy (non-hydrogen) atoms. The van der Waals surface area contributed by atoms with E-state index in [9.17, 15) is 37.5 Å². The Morgan fingerprint density at radius 1 is 0.882 bits per heavy atom. The van der Waals surface area contributed by atoms with Gasteiger partial charge in [-0.3, -0.25) is 24.0 Å². The number of Topliss-reactive ketones (excluding diaryl/α,β-unsaturated/α-hetero) is 1. The number of aryl methyl sites for hydroxylation is 1. The van der Waals surface area contributed by atoms with Crippen LogP contribution in [0.15, 0.2) is 60.1 Å². The van der Waals surface area contributed by atoms with Gasteiger partial charge in [0.2, 0.25) is 11.8 Å². The zero-order chi connectivity index (χ0) is 49.4. The molecule has 3 aromatic carbocycles. The highest BCUT2D eigenvalue weighted by Crippen LogP contribution is 2.35. The second-order valence-electron chi connectivity index (χ2n) is 19.0. The van der Waals surface area contributed by atoms with Gasteiger partial charge in [-0.25, -0.2) is 23.6 Å². The highest BCUT2D eigenvalue weighted by Gasteiger charge is 2.44. The number of rotatable bonds is 26. The van der Waals surface area contributed by atoms with Gasteiger partial charge in [-0.05, 0) is 96.2 Å². The number of nitrogens with zero attached hydrogens (tertiary/aromatic N) is 2. The van der Waals surface area contributed by atoms with Gasteiger partial charge in [-0.2, -0.15) is 0 Å². The molecule has 1 aliphatic rings. The van der Waals surface area contributed by atoms with Crippen LogP contribution in [0.5, 0.6) is 0 Å². The zero-order valence-corrected chi connectivity index (χ0v) is 42.9. The lowest BCUT2D eigenvalue weighted by Gasteiger charge is -2.35. The molecule has 1 saturated heterocycles. The Hall–Kier alpha value is -4.39. The summed E-state index contributed by atoms with van der Waals surface area (Å²) in [6.45, 7) is 10.0. The smallest absolute Gasteiger partial charge is 0.277 e. The van der Waals surface area contributed by atoms with Crippen molar-refractivity contribution in [2.75, 3.05) is 18.5 Å². The quantitative estimate of drug-likeness (QED) is 0.0276. The highest BCUT2D eigenvalue weighted by molar-refractivity contribution is 14.1. The molecule has 2 heterocycles. The third-order valence-corrected chi connectivity index (χ3v) is 14.2. The van der Waals surface area contributed by atoms with E-state index in [1.54, 1.807) is 17.4 Å². The number of amides is 3. The lowest BCUT2D eigenvalue weighted by atomic mass is 9.76. The molecule has 0 spiro atoms. The van der Waals surface area contributed by atoms with Gasteiger partial charge in [0.1, 0.15) is 17.6 Å². The predicted octanol–water partition coefficient (Wildman–Crippen LogP) is 12.1. The third-order valence-electron chi connectivity index (χ3n) is 12.6. The van der Waals surface area contributed by atoms with Gasteiger partial charge in [-0.1, -0.05) is 109 Å². The van der Waals surface area contributed by atoms with Crippen molar-refractivity contribution in [2.24, 2.45) is 11.3 Å². The lowest BCUT2D eigenvalue weighted by Crippen LogP contribution is -2.50. The highest BCUT2D eigenvalue weighted by atomic mass is 127. The Balaban J connectivity index is 0.911. The molecule has 0 saturated carbocycles. The number of hydroxylamine groups is 1. The maximum absolute atomic E-state index is 14.7. The van der Waals surface area contributed by atoms with E-state index in [2.05, 4.69) is 21.1 Å². The number of ketones is 1. The summed E-state index contributed by atoms with van der Waals surface area (Å²) in [4.78, 5) is 66.0. The topological polar surface area (TPSA) is 150 Å². The standard InChI is InChI=1S/C52H67F3IN5O6S/c1-33(35-19-21-36(22-20-35)48-34(2)57-32-68-48)58-50(65)45-30-39(63)31-61(45)51(66)41(52(3,4)5)29-38(62)18-16-14-12-10-8-6-7-9-11-13-15-17-27-67-60-49(64)40-24-25-42(53)46(55)47(40)59-44-26-23-37(56)28-43(44)54/h19-26,28,32-33,39,41,45,59,63H,6-18,27,29-31H2,1-5H3,(H,58,65)(H,60,64)/t33-,39+,41+,45-/m0/s1. The first-order valence-corrected chi connectivity index (χ1v) is 25.8. The van der Waals surface area contributed by atoms with Crippen LogP contribution >= 0.6 is 33.9 Å². The number of hydrogen-bond acceptors (Lipinski definition) is 9. The average molecular weight is 1070 g/mol. The van der Waals surface area contributed by atoms with E-state index in [0.29, 0.717) is 16.4 Å². The number of aromatic nitrogens is 1. The molecular weight excluding hydrogens is 1010 g/mol. The number of anilines is 2. The van der Waals surface area contributed by atoms with E-state index < -0.39 is 52.5 Å². The Bertz CT molecular complexity index is 2310. The number of carbonyl (C=O) groups is 4. The number of unbranched alkanes of at least 4 members (excludes halogenated alkanes) is 11. The van der Waals surface area contributed by atoms with Crippen molar-refractivity contribution in [3.8, 4) is 10.4 Å². The first-order valence-electron chi connectivity index (χ1n) is 23.9. The van der Waals surface area contributed by atoms with Gasteiger partial charge < -0.3 is 20.6 Å². The third kappa shape index (κ3) is 16.1. The van der Waals surface area contributed by atoms with Crippen molar-refractivity contribution in [1.29, 1.82) is 0 Å². The normalized spacial score (nSPS) is 15.8. The molecule has 370 valence electrons. The summed E-state index contributed by atoms with van der Waals surface area (Å²) in [7, 11) is 0. The zero-order valence-electron chi connectivity index (χ0n) is 39.9. The van der Waals surface area contributed by atoms with Crippen LogP contribution in [0.1, 0.15) is 152 Å². The van der Waals surface area contributed by atoms with Crippen LogP contribution in [0.2, 0.25) is 0 Å². The molecule has 3 amide bonds. The Morgan fingerprint density at radius 2 is 1.51 bits per heavy atom. The summed E-state index contributed by atoms with van der Waals surface area (Å²) < 4.78 is 43.7.